The molecule has 0 aromatic heterocycles. The summed E-state index contributed by atoms with van der Waals surface area (Å²) in [5, 5.41) is 9.73. The van der Waals surface area contributed by atoms with Gasteiger partial charge in [-0.25, -0.2) is 0 Å². The maximum absolute atomic E-state index is 11.0. The molecule has 0 spiro atoms. The molecule has 2 rings (SSSR count). The van der Waals surface area contributed by atoms with Crippen LogP contribution in [-0.2, 0) is 0 Å². The van der Waals surface area contributed by atoms with E-state index in [-0.39, 0.29) is 0 Å². The highest BCUT2D eigenvalue weighted by atomic mass is 79.9. The molecule has 0 heterocycles. The normalized spacial score (nSPS) is 11.9. The van der Waals surface area contributed by atoms with Crippen LogP contribution in [-0.4, -0.2) is 11.0 Å². The average molecular weight is 336 g/mol. The number of carbonyl (C=O) groups excluding carboxylic acids is 1. The third-order valence-electron chi connectivity index (χ3n) is 2.79. The van der Waals surface area contributed by atoms with Crippen LogP contribution in [0.1, 0.15) is 28.9 Å². The first-order valence-corrected chi connectivity index (χ1v) is 6.82. The minimum Gasteiger partial charge on any atom is -0.457 e. The summed E-state index contributed by atoms with van der Waals surface area (Å²) >= 11 is 3.37. The number of hydrogen-bond acceptors (Lipinski definition) is 3. The van der Waals surface area contributed by atoms with E-state index in [1.54, 1.807) is 43.3 Å². The minimum absolute atomic E-state index is 0.419. The van der Waals surface area contributed by atoms with Crippen molar-refractivity contribution in [2.45, 2.75) is 13.0 Å². The number of aliphatic hydroxyl groups is 1. The molecule has 0 aliphatic heterocycles. The Morgan fingerprint density at radius 3 is 2.45 bits per heavy atom. The van der Waals surface area contributed by atoms with Crippen molar-refractivity contribution in [3.05, 3.63) is 58.1 Å². The summed E-state index contributed by atoms with van der Waals surface area (Å²) in [4.78, 5) is 11.0. The zero-order chi connectivity index (χ0) is 14.7. The molecule has 1 amide bonds. The SMILES string of the molecule is CC(O)c1ccc(Br)cc1Oc1ccc(C(N)=O)cc1. The van der Waals surface area contributed by atoms with Crippen molar-refractivity contribution in [1.29, 1.82) is 0 Å². The van der Waals surface area contributed by atoms with Gasteiger partial charge in [-0.1, -0.05) is 22.0 Å². The third-order valence-corrected chi connectivity index (χ3v) is 3.29. The predicted molar refractivity (Wildman–Crippen MR) is 79.8 cm³/mol. The van der Waals surface area contributed by atoms with Gasteiger partial charge in [-0.3, -0.25) is 4.79 Å². The van der Waals surface area contributed by atoms with E-state index in [4.69, 9.17) is 10.5 Å². The van der Waals surface area contributed by atoms with Gasteiger partial charge in [0.25, 0.3) is 0 Å². The summed E-state index contributed by atoms with van der Waals surface area (Å²) in [6.07, 6.45) is -0.636. The minimum atomic E-state index is -0.636. The van der Waals surface area contributed by atoms with Crippen molar-refractivity contribution in [3.8, 4) is 11.5 Å². The topological polar surface area (TPSA) is 72.6 Å². The van der Waals surface area contributed by atoms with E-state index in [0.717, 1.165) is 4.47 Å². The molecule has 5 heteroatoms. The van der Waals surface area contributed by atoms with Crippen LogP contribution in [0.2, 0.25) is 0 Å². The van der Waals surface area contributed by atoms with Crippen LogP contribution in [0.15, 0.2) is 46.9 Å². The number of halogens is 1. The molecule has 104 valence electrons. The fraction of sp³-hybridized carbons (Fsp3) is 0.133. The monoisotopic (exact) mass is 335 g/mol. The van der Waals surface area contributed by atoms with Crippen LogP contribution in [0.4, 0.5) is 0 Å². The van der Waals surface area contributed by atoms with Crippen LogP contribution < -0.4 is 10.5 Å². The number of rotatable bonds is 4. The summed E-state index contributed by atoms with van der Waals surface area (Å²) in [5.41, 5.74) is 6.29. The second-order valence-electron chi connectivity index (χ2n) is 4.35. The van der Waals surface area contributed by atoms with E-state index in [2.05, 4.69) is 15.9 Å². The van der Waals surface area contributed by atoms with Gasteiger partial charge in [0.05, 0.1) is 6.10 Å². The summed E-state index contributed by atoms with van der Waals surface area (Å²) in [6.45, 7) is 1.67. The fourth-order valence-corrected chi connectivity index (χ4v) is 2.10. The highest BCUT2D eigenvalue weighted by Crippen LogP contribution is 2.32. The Hall–Kier alpha value is -1.85. The summed E-state index contributed by atoms with van der Waals surface area (Å²) in [5.74, 6) is 0.639. The number of ether oxygens (including phenoxy) is 1. The molecule has 2 aromatic rings. The molecule has 0 bridgehead atoms. The highest BCUT2D eigenvalue weighted by molar-refractivity contribution is 9.10. The van der Waals surface area contributed by atoms with E-state index in [9.17, 15) is 9.90 Å². The number of primary amides is 1. The molecule has 1 atom stereocenters. The van der Waals surface area contributed by atoms with E-state index in [0.29, 0.717) is 22.6 Å². The van der Waals surface area contributed by atoms with Gasteiger partial charge in [-0.2, -0.15) is 0 Å². The molecule has 4 nitrogen and oxygen atoms in total. The first-order valence-electron chi connectivity index (χ1n) is 6.02. The van der Waals surface area contributed by atoms with Crippen molar-refractivity contribution in [1.82, 2.24) is 0 Å². The Kier molecular flexibility index (Phi) is 4.42. The number of nitrogens with two attached hydrogens (primary N) is 1. The molecule has 3 N–H and O–H groups in total. The molecule has 0 radical (unpaired) electrons. The van der Waals surface area contributed by atoms with Crippen LogP contribution in [0.3, 0.4) is 0 Å². The second kappa shape index (κ2) is 6.07. The van der Waals surface area contributed by atoms with Crippen LogP contribution in [0.25, 0.3) is 0 Å². The Morgan fingerprint density at radius 1 is 1.25 bits per heavy atom. The van der Waals surface area contributed by atoms with Crippen LogP contribution >= 0.6 is 15.9 Å². The molecule has 0 saturated carbocycles. The maximum Gasteiger partial charge on any atom is 0.248 e. The van der Waals surface area contributed by atoms with Crippen molar-refractivity contribution in [2.75, 3.05) is 0 Å². The first kappa shape index (κ1) is 14.6. The van der Waals surface area contributed by atoms with Crippen LogP contribution in [0.5, 0.6) is 11.5 Å². The number of aliphatic hydroxyl groups excluding tert-OH is 1. The van der Waals surface area contributed by atoms with Crippen molar-refractivity contribution in [3.63, 3.8) is 0 Å². The Balaban J connectivity index is 2.29. The first-order chi connectivity index (χ1) is 9.47. The lowest BCUT2D eigenvalue weighted by molar-refractivity contribution is 0.100. The number of carbonyl (C=O) groups is 1. The van der Waals surface area contributed by atoms with Gasteiger partial charge in [-0.05, 0) is 43.3 Å². The Morgan fingerprint density at radius 2 is 1.90 bits per heavy atom. The zero-order valence-electron chi connectivity index (χ0n) is 10.8. The quantitative estimate of drug-likeness (QED) is 0.899. The average Bonchev–Trinajstić information content (AvgIpc) is 2.39. The summed E-state index contributed by atoms with van der Waals surface area (Å²) in [7, 11) is 0. The van der Waals surface area contributed by atoms with E-state index >= 15 is 0 Å². The molecule has 0 aliphatic carbocycles. The molecule has 2 aromatic carbocycles. The summed E-state index contributed by atoms with van der Waals surface area (Å²) < 4.78 is 6.60. The smallest absolute Gasteiger partial charge is 0.248 e. The van der Waals surface area contributed by atoms with E-state index < -0.39 is 12.0 Å². The zero-order valence-corrected chi connectivity index (χ0v) is 12.4. The molecule has 1 unspecified atom stereocenters. The Bertz CT molecular complexity index is 624. The van der Waals surface area contributed by atoms with Crippen molar-refractivity contribution >= 4 is 21.8 Å². The standard InChI is InChI=1S/C15H14BrNO3/c1-9(18)13-7-4-11(16)8-14(13)20-12-5-2-10(3-6-12)15(17)19/h2-9,18H,1H3,(H2,17,19). The van der Waals surface area contributed by atoms with Crippen molar-refractivity contribution < 1.29 is 14.6 Å². The lowest BCUT2D eigenvalue weighted by Gasteiger charge is -2.13. The second-order valence-corrected chi connectivity index (χ2v) is 5.26. The number of amides is 1. The largest absolute Gasteiger partial charge is 0.457 e. The predicted octanol–water partition coefficient (Wildman–Crippen LogP) is 3.39. The fourth-order valence-electron chi connectivity index (χ4n) is 1.76. The van der Waals surface area contributed by atoms with E-state index in [1.165, 1.54) is 0 Å². The van der Waals surface area contributed by atoms with Gasteiger partial charge >= 0.3 is 0 Å². The number of hydrogen-bond donors (Lipinski definition) is 2. The molecule has 0 saturated heterocycles. The van der Waals surface area contributed by atoms with Gasteiger partial charge in [0.15, 0.2) is 0 Å². The third kappa shape index (κ3) is 3.37. The van der Waals surface area contributed by atoms with E-state index in [1.807, 2.05) is 6.07 Å². The number of benzene rings is 2. The summed E-state index contributed by atoms with van der Waals surface area (Å²) in [6, 6.07) is 11.9. The van der Waals surface area contributed by atoms with Gasteiger partial charge in [-0.15, -0.1) is 0 Å². The maximum atomic E-state index is 11.0. The van der Waals surface area contributed by atoms with Gasteiger partial charge in [0.2, 0.25) is 5.91 Å². The van der Waals surface area contributed by atoms with Gasteiger partial charge in [0.1, 0.15) is 11.5 Å². The lowest BCUT2D eigenvalue weighted by atomic mass is 10.1. The van der Waals surface area contributed by atoms with Gasteiger partial charge in [0, 0.05) is 15.6 Å². The van der Waals surface area contributed by atoms with Gasteiger partial charge < -0.3 is 15.6 Å². The molecule has 0 aliphatic rings. The lowest BCUT2D eigenvalue weighted by Crippen LogP contribution is -2.10. The highest BCUT2D eigenvalue weighted by Gasteiger charge is 2.11. The molecular formula is C15H14BrNO3. The molecule has 0 fully saturated rings. The molecular weight excluding hydrogens is 322 g/mol. The van der Waals surface area contributed by atoms with Crippen LogP contribution in [0, 0.1) is 0 Å². The molecule has 20 heavy (non-hydrogen) atoms. The Labute approximate surface area is 125 Å². The van der Waals surface area contributed by atoms with Crippen molar-refractivity contribution in [2.24, 2.45) is 5.73 Å².